The van der Waals surface area contributed by atoms with Gasteiger partial charge < -0.3 is 4.74 Å². The quantitative estimate of drug-likeness (QED) is 0.682. The van der Waals surface area contributed by atoms with Gasteiger partial charge in [0, 0.05) is 22.9 Å². The summed E-state index contributed by atoms with van der Waals surface area (Å²) in [5, 5.41) is 0. The molecule has 0 amide bonds. The molecule has 3 heteroatoms. The molecule has 3 rings (SSSR count). The molecule has 0 aliphatic rings. The van der Waals surface area contributed by atoms with Crippen LogP contribution in [0.2, 0.25) is 0 Å². The molecular weight excluding hydrogens is 274 g/mol. The molecule has 0 unspecified atom stereocenters. The van der Waals surface area contributed by atoms with Crippen LogP contribution in [0.25, 0.3) is 11.3 Å². The summed E-state index contributed by atoms with van der Waals surface area (Å²) < 4.78 is 5.14. The Morgan fingerprint density at radius 1 is 0.864 bits per heavy atom. The van der Waals surface area contributed by atoms with Crippen LogP contribution in [0, 0.1) is 0 Å². The molecule has 0 saturated carbocycles. The molecule has 3 nitrogen and oxygen atoms in total. The molecule has 0 N–H and O–H groups in total. The highest BCUT2D eigenvalue weighted by atomic mass is 16.5. The zero-order valence-corrected chi connectivity index (χ0v) is 12.2. The number of pyridine rings is 1. The van der Waals surface area contributed by atoms with E-state index in [-0.39, 0.29) is 5.78 Å². The fourth-order valence-electron chi connectivity index (χ4n) is 2.22. The number of benzene rings is 2. The summed E-state index contributed by atoms with van der Waals surface area (Å²) in [5.41, 5.74) is 3.07. The number of carbonyl (C=O) groups excluding carboxylic acids is 1. The molecule has 22 heavy (non-hydrogen) atoms. The van der Waals surface area contributed by atoms with E-state index >= 15 is 0 Å². The molecule has 0 fully saturated rings. The fourth-order valence-corrected chi connectivity index (χ4v) is 2.22. The van der Waals surface area contributed by atoms with Crippen LogP contribution < -0.4 is 4.74 Å². The maximum atomic E-state index is 12.3. The van der Waals surface area contributed by atoms with Gasteiger partial charge in [0.25, 0.3) is 0 Å². The first-order valence-corrected chi connectivity index (χ1v) is 6.98. The Bertz CT molecular complexity index is 763. The molecule has 0 aliphatic heterocycles. The molecule has 108 valence electrons. The fraction of sp³-hybridized carbons (Fsp3) is 0.0526. The monoisotopic (exact) mass is 289 g/mol. The Morgan fingerprint density at radius 3 is 2.18 bits per heavy atom. The van der Waals surface area contributed by atoms with Gasteiger partial charge in [0.05, 0.1) is 12.8 Å². The van der Waals surface area contributed by atoms with Gasteiger partial charge in [-0.05, 0) is 36.4 Å². The van der Waals surface area contributed by atoms with E-state index in [1.807, 2.05) is 54.6 Å². The number of hydrogen-bond donors (Lipinski definition) is 0. The lowest BCUT2D eigenvalue weighted by atomic mass is 10.0. The summed E-state index contributed by atoms with van der Waals surface area (Å²) in [6, 6.07) is 20.5. The first-order valence-electron chi connectivity index (χ1n) is 6.98. The van der Waals surface area contributed by atoms with Crippen molar-refractivity contribution in [1.82, 2.24) is 4.98 Å². The molecule has 1 heterocycles. The van der Waals surface area contributed by atoms with Crippen LogP contribution in [0.1, 0.15) is 15.9 Å². The van der Waals surface area contributed by atoms with Crippen molar-refractivity contribution in [3.63, 3.8) is 0 Å². The predicted molar refractivity (Wildman–Crippen MR) is 86.1 cm³/mol. The van der Waals surface area contributed by atoms with E-state index in [9.17, 15) is 4.79 Å². The average Bonchev–Trinajstić information content (AvgIpc) is 2.62. The number of carbonyl (C=O) groups is 1. The first-order chi connectivity index (χ1) is 10.8. The van der Waals surface area contributed by atoms with Crippen LogP contribution in [0.3, 0.4) is 0 Å². The highest BCUT2D eigenvalue weighted by Crippen LogP contribution is 2.21. The van der Waals surface area contributed by atoms with Crippen LogP contribution in [-0.4, -0.2) is 17.9 Å². The van der Waals surface area contributed by atoms with Crippen LogP contribution in [0.5, 0.6) is 5.75 Å². The Morgan fingerprint density at radius 2 is 1.59 bits per heavy atom. The summed E-state index contributed by atoms with van der Waals surface area (Å²) in [4.78, 5) is 16.7. The number of rotatable bonds is 4. The zero-order chi connectivity index (χ0) is 15.4. The van der Waals surface area contributed by atoms with E-state index < -0.39 is 0 Å². The highest BCUT2D eigenvalue weighted by Gasteiger charge is 2.09. The average molecular weight is 289 g/mol. The molecule has 3 aromatic rings. The molecular formula is C19H15NO2. The Kier molecular flexibility index (Phi) is 3.97. The minimum Gasteiger partial charge on any atom is -0.497 e. The van der Waals surface area contributed by atoms with Crippen molar-refractivity contribution in [2.75, 3.05) is 7.11 Å². The van der Waals surface area contributed by atoms with E-state index in [1.165, 1.54) is 0 Å². The van der Waals surface area contributed by atoms with Crippen molar-refractivity contribution in [3.05, 3.63) is 84.1 Å². The maximum Gasteiger partial charge on any atom is 0.194 e. The van der Waals surface area contributed by atoms with Crippen molar-refractivity contribution in [1.29, 1.82) is 0 Å². The summed E-state index contributed by atoms with van der Waals surface area (Å²) in [6.45, 7) is 0. The van der Waals surface area contributed by atoms with E-state index in [0.29, 0.717) is 11.1 Å². The third kappa shape index (κ3) is 2.88. The van der Waals surface area contributed by atoms with Gasteiger partial charge in [-0.15, -0.1) is 0 Å². The van der Waals surface area contributed by atoms with Gasteiger partial charge in [0.1, 0.15) is 5.75 Å². The summed E-state index contributed by atoms with van der Waals surface area (Å²) in [5.74, 6) is 0.786. The molecule has 0 aliphatic carbocycles. The van der Waals surface area contributed by atoms with Gasteiger partial charge in [-0.2, -0.15) is 0 Å². The van der Waals surface area contributed by atoms with Gasteiger partial charge in [-0.3, -0.25) is 9.78 Å². The highest BCUT2D eigenvalue weighted by molar-refractivity contribution is 6.08. The van der Waals surface area contributed by atoms with Gasteiger partial charge in [-0.25, -0.2) is 0 Å². The van der Waals surface area contributed by atoms with E-state index in [1.54, 1.807) is 25.4 Å². The van der Waals surface area contributed by atoms with Crippen LogP contribution in [0.4, 0.5) is 0 Å². The lowest BCUT2D eigenvalue weighted by molar-refractivity contribution is 0.103. The molecule has 0 spiro atoms. The molecule has 0 radical (unpaired) electrons. The topological polar surface area (TPSA) is 39.2 Å². The standard InChI is InChI=1S/C19H15NO2/c1-22-17-10-7-14(8-11-17)18-12-9-16(13-20-18)19(21)15-5-3-2-4-6-15/h2-13H,1H3. The maximum absolute atomic E-state index is 12.3. The van der Waals surface area contributed by atoms with Crippen LogP contribution >= 0.6 is 0 Å². The van der Waals surface area contributed by atoms with Crippen molar-refractivity contribution in [2.24, 2.45) is 0 Å². The van der Waals surface area contributed by atoms with Gasteiger partial charge in [0.2, 0.25) is 0 Å². The van der Waals surface area contributed by atoms with Crippen molar-refractivity contribution < 1.29 is 9.53 Å². The zero-order valence-electron chi connectivity index (χ0n) is 12.2. The van der Waals surface area contributed by atoms with Crippen molar-refractivity contribution in [3.8, 4) is 17.0 Å². The van der Waals surface area contributed by atoms with Crippen molar-refractivity contribution in [2.45, 2.75) is 0 Å². The molecule has 2 aromatic carbocycles. The van der Waals surface area contributed by atoms with Crippen LogP contribution in [-0.2, 0) is 0 Å². The number of nitrogens with zero attached hydrogens (tertiary/aromatic N) is 1. The SMILES string of the molecule is COc1ccc(-c2ccc(C(=O)c3ccccc3)cn2)cc1. The number of ketones is 1. The summed E-state index contributed by atoms with van der Waals surface area (Å²) in [7, 11) is 1.64. The number of ether oxygens (including phenoxy) is 1. The number of hydrogen-bond acceptors (Lipinski definition) is 3. The molecule has 0 bridgehead atoms. The van der Waals surface area contributed by atoms with E-state index in [2.05, 4.69) is 4.98 Å². The number of methoxy groups -OCH3 is 1. The predicted octanol–water partition coefficient (Wildman–Crippen LogP) is 3.99. The van der Waals surface area contributed by atoms with Crippen molar-refractivity contribution >= 4 is 5.78 Å². The Balaban J connectivity index is 1.84. The first kappa shape index (κ1) is 14.0. The minimum absolute atomic E-state index is 0.0191. The van der Waals surface area contributed by atoms with E-state index in [0.717, 1.165) is 17.0 Å². The minimum atomic E-state index is -0.0191. The lowest BCUT2D eigenvalue weighted by Gasteiger charge is -2.05. The third-order valence-electron chi connectivity index (χ3n) is 3.45. The van der Waals surface area contributed by atoms with Gasteiger partial charge >= 0.3 is 0 Å². The molecule has 0 saturated heterocycles. The van der Waals surface area contributed by atoms with Crippen LogP contribution in [0.15, 0.2) is 72.9 Å². The second kappa shape index (κ2) is 6.22. The molecule has 0 atom stereocenters. The lowest BCUT2D eigenvalue weighted by Crippen LogP contribution is -2.01. The smallest absolute Gasteiger partial charge is 0.194 e. The Hall–Kier alpha value is -2.94. The normalized spacial score (nSPS) is 10.2. The largest absolute Gasteiger partial charge is 0.497 e. The van der Waals surface area contributed by atoms with Gasteiger partial charge in [0.15, 0.2) is 5.78 Å². The Labute approximate surface area is 129 Å². The summed E-state index contributed by atoms with van der Waals surface area (Å²) >= 11 is 0. The molecule has 1 aromatic heterocycles. The second-order valence-electron chi connectivity index (χ2n) is 4.86. The second-order valence-corrected chi connectivity index (χ2v) is 4.86. The summed E-state index contributed by atoms with van der Waals surface area (Å²) in [6.07, 6.45) is 1.62. The number of aromatic nitrogens is 1. The van der Waals surface area contributed by atoms with Gasteiger partial charge in [-0.1, -0.05) is 30.3 Å². The van der Waals surface area contributed by atoms with E-state index in [4.69, 9.17) is 4.74 Å². The third-order valence-corrected chi connectivity index (χ3v) is 3.45.